The number of hydrogen-bond acceptors (Lipinski definition) is 4. The molecule has 0 bridgehead atoms. The molecule has 8 heteroatoms. The fourth-order valence-corrected chi connectivity index (χ4v) is 7.83. The van der Waals surface area contributed by atoms with E-state index in [0.29, 0.717) is 36.5 Å². The van der Waals surface area contributed by atoms with E-state index in [-0.39, 0.29) is 23.9 Å². The van der Waals surface area contributed by atoms with E-state index in [1.54, 1.807) is 0 Å². The van der Waals surface area contributed by atoms with Crippen LogP contribution in [0.1, 0.15) is 91.0 Å². The summed E-state index contributed by atoms with van der Waals surface area (Å²) in [6.45, 7) is 14.4. The number of imidazole rings is 2. The summed E-state index contributed by atoms with van der Waals surface area (Å²) >= 11 is 0. The number of hydrogen-bond donors (Lipinski definition) is 2. The molecule has 50 heavy (non-hydrogen) atoms. The van der Waals surface area contributed by atoms with Crippen LogP contribution in [-0.2, 0) is 9.59 Å². The van der Waals surface area contributed by atoms with Crippen molar-refractivity contribution in [2.24, 2.45) is 23.7 Å². The molecular formula is C42H50N6O2. The van der Waals surface area contributed by atoms with Gasteiger partial charge in [-0.15, -0.1) is 0 Å². The Hall–Kier alpha value is -4.72. The first-order chi connectivity index (χ1) is 24.0. The highest BCUT2D eigenvalue weighted by atomic mass is 16.2. The lowest BCUT2D eigenvalue weighted by atomic mass is 9.98. The van der Waals surface area contributed by atoms with Gasteiger partial charge in [0.1, 0.15) is 11.6 Å². The maximum atomic E-state index is 13.0. The Bertz CT molecular complexity index is 1990. The van der Waals surface area contributed by atoms with Crippen LogP contribution in [-0.4, -0.2) is 54.6 Å². The quantitative estimate of drug-likeness (QED) is 0.163. The number of amides is 2. The summed E-state index contributed by atoms with van der Waals surface area (Å²) in [5, 5.41) is 2.33. The molecule has 0 saturated carbocycles. The minimum atomic E-state index is 0.00133. The summed E-state index contributed by atoms with van der Waals surface area (Å²) in [5.41, 5.74) is 6.39. The van der Waals surface area contributed by atoms with Crippen molar-refractivity contribution in [2.45, 2.75) is 79.3 Å². The van der Waals surface area contributed by atoms with Gasteiger partial charge in [0, 0.05) is 31.5 Å². The van der Waals surface area contributed by atoms with Crippen molar-refractivity contribution in [1.29, 1.82) is 0 Å². The largest absolute Gasteiger partial charge is 0.340 e. The minimum absolute atomic E-state index is 0.00133. The molecule has 4 atom stereocenters. The zero-order chi connectivity index (χ0) is 35.1. The molecule has 4 heterocycles. The molecule has 0 spiro atoms. The van der Waals surface area contributed by atoms with Gasteiger partial charge in [-0.2, -0.15) is 0 Å². The Morgan fingerprint density at radius 2 is 1.06 bits per heavy atom. The highest BCUT2D eigenvalue weighted by Crippen LogP contribution is 2.38. The molecule has 260 valence electrons. The molecule has 2 fully saturated rings. The van der Waals surface area contributed by atoms with Crippen LogP contribution in [0.4, 0.5) is 0 Å². The van der Waals surface area contributed by atoms with Crippen molar-refractivity contribution in [1.82, 2.24) is 29.7 Å². The average Bonchev–Trinajstić information content (AvgIpc) is 3.90. The van der Waals surface area contributed by atoms with Gasteiger partial charge in [0.2, 0.25) is 11.8 Å². The van der Waals surface area contributed by atoms with E-state index in [0.717, 1.165) is 76.6 Å². The number of carbonyl (C=O) groups excluding carboxylic acids is 2. The van der Waals surface area contributed by atoms with Gasteiger partial charge in [-0.1, -0.05) is 90.1 Å². The average molecular weight is 671 g/mol. The maximum absolute atomic E-state index is 13.0. The first-order valence-electron chi connectivity index (χ1n) is 18.4. The second-order valence-electron chi connectivity index (χ2n) is 15.7. The number of aromatic amines is 2. The Balaban J connectivity index is 1.05. The fourth-order valence-electron chi connectivity index (χ4n) is 7.83. The number of H-pyrrole nitrogens is 2. The van der Waals surface area contributed by atoms with Gasteiger partial charge in [-0.3, -0.25) is 9.59 Å². The van der Waals surface area contributed by atoms with Crippen LogP contribution in [0.2, 0.25) is 0 Å². The van der Waals surface area contributed by atoms with Crippen molar-refractivity contribution in [3.8, 4) is 33.6 Å². The molecule has 0 aliphatic carbocycles. The highest BCUT2D eigenvalue weighted by molar-refractivity contribution is 5.90. The van der Waals surface area contributed by atoms with Crippen molar-refractivity contribution in [3.05, 3.63) is 84.7 Å². The van der Waals surface area contributed by atoms with E-state index in [4.69, 9.17) is 9.97 Å². The number of rotatable bonds is 9. The van der Waals surface area contributed by atoms with Gasteiger partial charge < -0.3 is 19.8 Å². The summed E-state index contributed by atoms with van der Waals surface area (Å²) in [5.74, 6) is 3.78. The van der Waals surface area contributed by atoms with Crippen LogP contribution in [0.3, 0.4) is 0 Å². The first kappa shape index (κ1) is 33.8. The van der Waals surface area contributed by atoms with Crippen molar-refractivity contribution in [2.75, 3.05) is 13.1 Å². The predicted octanol–water partition coefficient (Wildman–Crippen LogP) is 9.20. The summed E-state index contributed by atoms with van der Waals surface area (Å²) in [4.78, 5) is 46.6. The van der Waals surface area contributed by atoms with Crippen LogP contribution in [0.15, 0.2) is 73.1 Å². The van der Waals surface area contributed by atoms with Crippen LogP contribution < -0.4 is 0 Å². The molecule has 2 aromatic heterocycles. The number of aromatic nitrogens is 4. The van der Waals surface area contributed by atoms with E-state index >= 15 is 0 Å². The molecule has 2 saturated heterocycles. The van der Waals surface area contributed by atoms with Crippen molar-refractivity contribution < 1.29 is 9.59 Å². The molecule has 5 aromatic rings. The molecule has 2 amide bonds. The van der Waals surface area contributed by atoms with Gasteiger partial charge in [0.15, 0.2) is 0 Å². The number of benzene rings is 3. The Morgan fingerprint density at radius 3 is 1.56 bits per heavy atom. The van der Waals surface area contributed by atoms with Gasteiger partial charge in [-0.05, 0) is 76.1 Å². The first-order valence-corrected chi connectivity index (χ1v) is 18.4. The molecule has 2 aliphatic heterocycles. The smallest absolute Gasteiger partial charge is 0.223 e. The Morgan fingerprint density at radius 1 is 0.640 bits per heavy atom. The standard InChI is InChI=1S/C42H50N6O2/c1-25(2)15-39(49)47-23-27(5)17-37(47)41-43-21-35(45-41)30-9-7-29(8-10-30)31-11-12-33-20-34(14-13-32(33)19-31)36-22-44-42(46-36)38-18-28(6)24-48(38)40(50)16-26(3)4/h7-14,19-22,25-28,37-38H,15-18,23-24H2,1-6H3,(H,43,45)(H,44,46)/t27-,28-,37?,38-/m0/s1. The third kappa shape index (κ3) is 6.98. The number of likely N-dealkylation sites (tertiary alicyclic amines) is 2. The molecular weight excluding hydrogens is 621 g/mol. The summed E-state index contributed by atoms with van der Waals surface area (Å²) in [6.07, 6.45) is 6.80. The topological polar surface area (TPSA) is 98.0 Å². The normalized spacial score (nSPS) is 20.9. The van der Waals surface area contributed by atoms with Crippen LogP contribution >= 0.6 is 0 Å². The minimum Gasteiger partial charge on any atom is -0.340 e. The number of nitrogens with zero attached hydrogens (tertiary/aromatic N) is 4. The zero-order valence-corrected chi connectivity index (χ0v) is 30.2. The third-order valence-corrected chi connectivity index (χ3v) is 10.3. The second-order valence-corrected chi connectivity index (χ2v) is 15.7. The van der Waals surface area contributed by atoms with Gasteiger partial charge in [0.25, 0.3) is 0 Å². The summed E-state index contributed by atoms with van der Waals surface area (Å²) < 4.78 is 0. The number of fused-ring (bicyclic) bond motifs is 1. The Kier molecular flexibility index (Phi) is 9.38. The molecule has 7 rings (SSSR count). The van der Waals surface area contributed by atoms with Crippen LogP contribution in [0, 0.1) is 23.7 Å². The number of nitrogens with one attached hydrogen (secondary N) is 2. The van der Waals surface area contributed by atoms with E-state index in [1.807, 2.05) is 22.2 Å². The molecule has 2 aliphatic rings. The van der Waals surface area contributed by atoms with Crippen molar-refractivity contribution >= 4 is 22.6 Å². The highest BCUT2D eigenvalue weighted by Gasteiger charge is 2.37. The SMILES string of the molecule is CC(C)CC(=O)N1C[C@@H](C)CC1c1ncc(-c2ccc(-c3ccc4cc(-c5cnc([C@@H]6C[C@H](C)CN6C(=O)CC(C)C)[nH]5)ccc4c3)cc2)[nH]1. The van der Waals surface area contributed by atoms with Gasteiger partial charge in [0.05, 0.1) is 35.9 Å². The Labute approximate surface area is 295 Å². The number of carbonyl (C=O) groups is 2. The maximum Gasteiger partial charge on any atom is 0.223 e. The van der Waals surface area contributed by atoms with E-state index in [2.05, 4.69) is 112 Å². The molecule has 0 radical (unpaired) electrons. The third-order valence-electron chi connectivity index (χ3n) is 10.3. The lowest BCUT2D eigenvalue weighted by molar-refractivity contribution is -0.134. The van der Waals surface area contributed by atoms with E-state index < -0.39 is 0 Å². The van der Waals surface area contributed by atoms with E-state index in [9.17, 15) is 9.59 Å². The summed E-state index contributed by atoms with van der Waals surface area (Å²) in [6, 6.07) is 21.7. The van der Waals surface area contributed by atoms with Gasteiger partial charge >= 0.3 is 0 Å². The lowest BCUT2D eigenvalue weighted by Gasteiger charge is -2.24. The van der Waals surface area contributed by atoms with Gasteiger partial charge in [-0.25, -0.2) is 9.97 Å². The second kappa shape index (κ2) is 13.9. The van der Waals surface area contributed by atoms with E-state index in [1.165, 1.54) is 5.39 Å². The zero-order valence-electron chi connectivity index (χ0n) is 30.2. The summed E-state index contributed by atoms with van der Waals surface area (Å²) in [7, 11) is 0. The lowest BCUT2D eigenvalue weighted by Crippen LogP contribution is -2.32. The van der Waals surface area contributed by atoms with Crippen molar-refractivity contribution in [3.63, 3.8) is 0 Å². The molecule has 2 N–H and O–H groups in total. The fraction of sp³-hybridized carbons (Fsp3) is 0.429. The molecule has 8 nitrogen and oxygen atoms in total. The molecule has 1 unspecified atom stereocenters. The predicted molar refractivity (Wildman–Crippen MR) is 200 cm³/mol. The molecule has 3 aromatic carbocycles. The van der Waals surface area contributed by atoms with Crippen LogP contribution in [0.5, 0.6) is 0 Å². The monoisotopic (exact) mass is 670 g/mol. The van der Waals surface area contributed by atoms with Crippen LogP contribution in [0.25, 0.3) is 44.4 Å².